The van der Waals surface area contributed by atoms with Crippen LogP contribution in [-0.4, -0.2) is 16.8 Å². The summed E-state index contributed by atoms with van der Waals surface area (Å²) in [5.74, 6) is 1.39. The Hall–Kier alpha value is -2.11. The van der Waals surface area contributed by atoms with E-state index < -0.39 is 11.5 Å². The molecule has 0 aliphatic heterocycles. The summed E-state index contributed by atoms with van der Waals surface area (Å²) in [6.45, 7) is 0. The first-order valence-electron chi connectivity index (χ1n) is 9.38. The second-order valence-corrected chi connectivity index (χ2v) is 7.87. The number of amides is 2. The summed E-state index contributed by atoms with van der Waals surface area (Å²) >= 11 is 0. The Morgan fingerprint density at radius 3 is 2.48 bits per heavy atom. The summed E-state index contributed by atoms with van der Waals surface area (Å²) in [4.78, 5) is 38.8. The Kier molecular flexibility index (Phi) is 4.13. The Morgan fingerprint density at radius 2 is 1.88 bits per heavy atom. The first kappa shape index (κ1) is 16.4. The Morgan fingerprint density at radius 1 is 1.20 bits per heavy atom. The maximum Gasteiger partial charge on any atom is 0.261 e. The molecule has 2 fully saturated rings. The molecule has 0 aromatic carbocycles. The molecular weight excluding hydrogens is 318 g/mol. The Labute approximate surface area is 146 Å². The first-order chi connectivity index (χ1) is 12.0. The van der Waals surface area contributed by atoms with Gasteiger partial charge in [-0.05, 0) is 74.3 Å². The SMILES string of the molecule is NC(=O)c1cc2c([nH]c1=O)CCCC2NC(=O)CC(C1CC1)C1CC1. The van der Waals surface area contributed by atoms with E-state index in [4.69, 9.17) is 5.73 Å². The fourth-order valence-electron chi connectivity index (χ4n) is 4.31. The van der Waals surface area contributed by atoms with E-state index in [0.29, 0.717) is 12.3 Å². The third-order valence-electron chi connectivity index (χ3n) is 5.93. The molecule has 0 radical (unpaired) electrons. The van der Waals surface area contributed by atoms with Gasteiger partial charge in [0.25, 0.3) is 11.5 Å². The number of fused-ring (bicyclic) bond motifs is 1. The van der Waals surface area contributed by atoms with Gasteiger partial charge in [-0.1, -0.05) is 0 Å². The van der Waals surface area contributed by atoms with Gasteiger partial charge in [-0.25, -0.2) is 0 Å². The van der Waals surface area contributed by atoms with E-state index in [1.54, 1.807) is 6.07 Å². The van der Waals surface area contributed by atoms with Crippen LogP contribution in [0.15, 0.2) is 10.9 Å². The highest BCUT2D eigenvalue weighted by Gasteiger charge is 2.42. The number of nitrogens with one attached hydrogen (secondary N) is 2. The highest BCUT2D eigenvalue weighted by atomic mass is 16.2. The zero-order chi connectivity index (χ0) is 17.6. The lowest BCUT2D eigenvalue weighted by atomic mass is 9.89. The minimum absolute atomic E-state index is 0.0336. The van der Waals surface area contributed by atoms with Gasteiger partial charge in [-0.3, -0.25) is 14.4 Å². The van der Waals surface area contributed by atoms with E-state index in [-0.39, 0.29) is 17.5 Å². The number of carbonyl (C=O) groups is 2. The number of primary amides is 1. The highest BCUT2D eigenvalue weighted by molar-refractivity contribution is 5.92. The van der Waals surface area contributed by atoms with Crippen LogP contribution in [0.1, 0.15) is 72.6 Å². The van der Waals surface area contributed by atoms with Gasteiger partial charge in [0.1, 0.15) is 5.56 Å². The molecule has 134 valence electrons. The molecule has 1 atom stereocenters. The van der Waals surface area contributed by atoms with Crippen molar-refractivity contribution in [1.29, 1.82) is 0 Å². The minimum Gasteiger partial charge on any atom is -0.365 e. The van der Waals surface area contributed by atoms with Crippen LogP contribution >= 0.6 is 0 Å². The maximum absolute atomic E-state index is 12.6. The molecule has 1 aromatic heterocycles. The Balaban J connectivity index is 1.50. The number of nitrogens with two attached hydrogens (primary N) is 1. The Bertz CT molecular complexity index is 750. The fourth-order valence-corrected chi connectivity index (χ4v) is 4.31. The predicted molar refractivity (Wildman–Crippen MR) is 93.0 cm³/mol. The highest BCUT2D eigenvalue weighted by Crippen LogP contribution is 2.50. The van der Waals surface area contributed by atoms with Gasteiger partial charge >= 0.3 is 0 Å². The fraction of sp³-hybridized carbons (Fsp3) is 0.632. The van der Waals surface area contributed by atoms with Crippen molar-refractivity contribution in [2.24, 2.45) is 23.5 Å². The van der Waals surface area contributed by atoms with Gasteiger partial charge in [0.05, 0.1) is 6.04 Å². The molecule has 3 aliphatic rings. The maximum atomic E-state index is 12.6. The normalized spacial score (nSPS) is 22.5. The number of hydrogen-bond donors (Lipinski definition) is 3. The molecule has 1 aromatic rings. The summed E-state index contributed by atoms with van der Waals surface area (Å²) in [5, 5.41) is 3.14. The van der Waals surface area contributed by atoms with Gasteiger partial charge in [0.2, 0.25) is 5.91 Å². The van der Waals surface area contributed by atoms with Gasteiger partial charge in [-0.2, -0.15) is 0 Å². The third-order valence-corrected chi connectivity index (χ3v) is 5.93. The smallest absolute Gasteiger partial charge is 0.261 e. The topological polar surface area (TPSA) is 105 Å². The van der Waals surface area contributed by atoms with E-state index in [9.17, 15) is 14.4 Å². The molecule has 2 saturated carbocycles. The van der Waals surface area contributed by atoms with Crippen molar-refractivity contribution in [3.05, 3.63) is 33.2 Å². The third kappa shape index (κ3) is 3.48. The van der Waals surface area contributed by atoms with Crippen LogP contribution in [0.5, 0.6) is 0 Å². The number of rotatable bonds is 6. The average molecular weight is 343 g/mol. The number of pyridine rings is 1. The van der Waals surface area contributed by atoms with Crippen LogP contribution in [0.2, 0.25) is 0 Å². The second-order valence-electron chi connectivity index (χ2n) is 7.87. The summed E-state index contributed by atoms with van der Waals surface area (Å²) in [6, 6.07) is 1.42. The van der Waals surface area contributed by atoms with Crippen LogP contribution in [0.25, 0.3) is 0 Å². The van der Waals surface area contributed by atoms with E-state index in [2.05, 4.69) is 10.3 Å². The van der Waals surface area contributed by atoms with E-state index in [1.807, 2.05) is 0 Å². The van der Waals surface area contributed by atoms with Crippen molar-refractivity contribution in [1.82, 2.24) is 10.3 Å². The molecule has 2 amide bonds. The molecule has 0 bridgehead atoms. The van der Waals surface area contributed by atoms with Crippen LogP contribution < -0.4 is 16.6 Å². The molecule has 4 rings (SSSR count). The zero-order valence-electron chi connectivity index (χ0n) is 14.3. The molecule has 0 saturated heterocycles. The van der Waals surface area contributed by atoms with Crippen molar-refractivity contribution in [3.8, 4) is 0 Å². The molecule has 25 heavy (non-hydrogen) atoms. The number of H-pyrrole nitrogens is 1. The van der Waals surface area contributed by atoms with Crippen molar-refractivity contribution < 1.29 is 9.59 Å². The summed E-state index contributed by atoms with van der Waals surface area (Å²) < 4.78 is 0. The van der Waals surface area contributed by atoms with Gasteiger partial charge in [0, 0.05) is 12.1 Å². The van der Waals surface area contributed by atoms with Crippen LogP contribution in [0.3, 0.4) is 0 Å². The average Bonchev–Trinajstić information content (AvgIpc) is 3.46. The number of hydrogen-bond acceptors (Lipinski definition) is 3. The molecule has 6 nitrogen and oxygen atoms in total. The minimum atomic E-state index is -0.734. The largest absolute Gasteiger partial charge is 0.365 e. The molecule has 4 N–H and O–H groups in total. The van der Waals surface area contributed by atoms with Crippen LogP contribution in [0, 0.1) is 17.8 Å². The molecular formula is C19H25N3O3. The van der Waals surface area contributed by atoms with Gasteiger partial charge in [0.15, 0.2) is 0 Å². The summed E-state index contributed by atoms with van der Waals surface area (Å²) in [5.41, 5.74) is 6.47. The van der Waals surface area contributed by atoms with Crippen molar-refractivity contribution in [3.63, 3.8) is 0 Å². The van der Waals surface area contributed by atoms with Crippen molar-refractivity contribution in [2.75, 3.05) is 0 Å². The number of aromatic amines is 1. The molecule has 1 heterocycles. The molecule has 6 heteroatoms. The number of carbonyl (C=O) groups excluding carboxylic acids is 2. The van der Waals surface area contributed by atoms with Gasteiger partial charge in [-0.15, -0.1) is 0 Å². The predicted octanol–water partition coefficient (Wildman–Crippen LogP) is 1.79. The van der Waals surface area contributed by atoms with Crippen LogP contribution in [-0.2, 0) is 11.2 Å². The van der Waals surface area contributed by atoms with E-state index >= 15 is 0 Å². The molecule has 0 spiro atoms. The van der Waals surface area contributed by atoms with E-state index in [0.717, 1.165) is 42.4 Å². The lowest BCUT2D eigenvalue weighted by molar-refractivity contribution is -0.123. The van der Waals surface area contributed by atoms with Crippen molar-refractivity contribution >= 4 is 11.8 Å². The standard InChI is InChI=1S/C19H25N3O3/c20-18(24)14-8-13-15(2-1-3-16(13)22-19(14)25)21-17(23)9-12(10-4-5-10)11-6-7-11/h8,10-12,15H,1-7,9H2,(H2,20,24)(H,21,23)(H,22,25). The number of aryl methyl sites for hydroxylation is 1. The number of aromatic nitrogens is 1. The molecule has 1 unspecified atom stereocenters. The second kappa shape index (κ2) is 6.32. The summed E-state index contributed by atoms with van der Waals surface area (Å²) in [7, 11) is 0. The van der Waals surface area contributed by atoms with E-state index in [1.165, 1.54) is 25.7 Å². The monoisotopic (exact) mass is 343 g/mol. The van der Waals surface area contributed by atoms with Gasteiger partial charge < -0.3 is 16.0 Å². The lowest BCUT2D eigenvalue weighted by Crippen LogP contribution is -2.35. The lowest BCUT2D eigenvalue weighted by Gasteiger charge is -2.27. The molecule has 3 aliphatic carbocycles. The quantitative estimate of drug-likeness (QED) is 0.733. The summed E-state index contributed by atoms with van der Waals surface area (Å²) in [6.07, 6.45) is 8.15. The van der Waals surface area contributed by atoms with Crippen molar-refractivity contribution in [2.45, 2.75) is 57.4 Å². The van der Waals surface area contributed by atoms with Crippen LogP contribution in [0.4, 0.5) is 0 Å². The first-order valence-corrected chi connectivity index (χ1v) is 9.38. The zero-order valence-corrected chi connectivity index (χ0v) is 14.3.